The van der Waals surface area contributed by atoms with Gasteiger partial charge in [-0.25, -0.2) is 13.2 Å². The molecule has 0 aliphatic carbocycles. The van der Waals surface area contributed by atoms with Crippen molar-refractivity contribution in [3.8, 4) is 28.6 Å². The number of ether oxygens (including phenoxy) is 2. The zero-order valence-corrected chi connectivity index (χ0v) is 25.7. The number of alkyl halides is 1. The molecule has 4 fully saturated rings. The predicted molar refractivity (Wildman–Crippen MR) is 169 cm³/mol. The summed E-state index contributed by atoms with van der Waals surface area (Å²) < 4.78 is 61.2. The number of fused-ring (bicyclic) bond motifs is 7. The van der Waals surface area contributed by atoms with Crippen molar-refractivity contribution in [3.05, 3.63) is 47.5 Å². The van der Waals surface area contributed by atoms with Gasteiger partial charge in [-0.2, -0.15) is 9.97 Å². The summed E-state index contributed by atoms with van der Waals surface area (Å²) in [6, 6.07) is 8.80. The van der Waals surface area contributed by atoms with E-state index in [1.807, 2.05) is 25.1 Å². The zero-order chi connectivity index (χ0) is 31.3. The fourth-order valence-electron chi connectivity index (χ4n) is 9.01. The number of phenolic OH excluding ortho intramolecular Hbond substituents is 1. The maximum Gasteiger partial charge on any atom is 0.319 e. The highest BCUT2D eigenvalue weighted by molar-refractivity contribution is 6.05. The van der Waals surface area contributed by atoms with Gasteiger partial charge in [-0.1, -0.05) is 25.1 Å². The predicted octanol–water partition coefficient (Wildman–Crippen LogP) is 5.65. The van der Waals surface area contributed by atoms with Gasteiger partial charge in [0.2, 0.25) is 0 Å². The maximum absolute atomic E-state index is 17.1. The van der Waals surface area contributed by atoms with E-state index in [1.165, 1.54) is 6.07 Å². The van der Waals surface area contributed by atoms with Crippen molar-refractivity contribution < 1.29 is 27.8 Å². The smallest absolute Gasteiger partial charge is 0.319 e. The quantitative estimate of drug-likeness (QED) is 0.293. The number of halogens is 3. The summed E-state index contributed by atoms with van der Waals surface area (Å²) in [4.78, 5) is 13.7. The number of hydrogen-bond donors (Lipinski definition) is 2. The minimum atomic E-state index is -0.920. The van der Waals surface area contributed by atoms with Crippen molar-refractivity contribution in [2.75, 3.05) is 37.7 Å². The highest BCUT2D eigenvalue weighted by Gasteiger charge is 2.50. The number of nitrogens with one attached hydrogen (secondary N) is 1. The molecule has 0 radical (unpaired) electrons. The lowest BCUT2D eigenvalue weighted by Crippen LogP contribution is -2.60. The first-order chi connectivity index (χ1) is 22.3. The molecule has 3 unspecified atom stereocenters. The monoisotopic (exact) mass is 631 g/mol. The van der Waals surface area contributed by atoms with Crippen LogP contribution in [0.4, 0.5) is 19.0 Å². The van der Waals surface area contributed by atoms with Gasteiger partial charge in [0.05, 0.1) is 22.5 Å². The lowest BCUT2D eigenvalue weighted by Gasteiger charge is -2.40. The van der Waals surface area contributed by atoms with E-state index in [2.05, 4.69) is 20.1 Å². The molecule has 5 aliphatic heterocycles. The third kappa shape index (κ3) is 4.13. The Labute approximate surface area is 264 Å². The molecule has 11 heteroatoms. The normalized spacial score (nSPS) is 28.4. The Morgan fingerprint density at radius 1 is 1.13 bits per heavy atom. The maximum atomic E-state index is 17.1. The van der Waals surface area contributed by atoms with E-state index in [4.69, 9.17) is 14.5 Å². The molecule has 46 heavy (non-hydrogen) atoms. The molecule has 4 saturated heterocycles. The van der Waals surface area contributed by atoms with Crippen LogP contribution >= 0.6 is 0 Å². The van der Waals surface area contributed by atoms with Gasteiger partial charge >= 0.3 is 6.01 Å². The van der Waals surface area contributed by atoms with Crippen molar-refractivity contribution in [1.29, 1.82) is 0 Å². The van der Waals surface area contributed by atoms with E-state index in [9.17, 15) is 9.50 Å². The Morgan fingerprint density at radius 2 is 2.02 bits per heavy atom. The molecule has 0 amide bonds. The van der Waals surface area contributed by atoms with Crippen LogP contribution in [0.2, 0.25) is 0 Å². The van der Waals surface area contributed by atoms with Crippen LogP contribution < -0.4 is 19.7 Å². The van der Waals surface area contributed by atoms with Crippen molar-refractivity contribution in [2.24, 2.45) is 0 Å². The Bertz CT molecular complexity index is 1910. The minimum Gasteiger partial charge on any atom is -0.508 e. The second kappa shape index (κ2) is 10.3. The van der Waals surface area contributed by atoms with Gasteiger partial charge < -0.3 is 24.8 Å². The molecule has 240 valence electrons. The number of aromatic hydroxyl groups is 1. The summed E-state index contributed by atoms with van der Waals surface area (Å²) in [5.41, 5.74) is 0.276. The van der Waals surface area contributed by atoms with Gasteiger partial charge in [0.1, 0.15) is 36.5 Å². The number of hydrogen-bond acceptors (Lipinski definition) is 8. The molecule has 2 bridgehead atoms. The second-order valence-corrected chi connectivity index (χ2v) is 13.7. The summed E-state index contributed by atoms with van der Waals surface area (Å²) in [6.07, 6.45) is 3.80. The Balaban J connectivity index is 1.26. The first-order valence-corrected chi connectivity index (χ1v) is 16.5. The van der Waals surface area contributed by atoms with Crippen molar-refractivity contribution in [1.82, 2.24) is 20.2 Å². The lowest BCUT2D eigenvalue weighted by atomic mass is 9.91. The zero-order valence-electron chi connectivity index (χ0n) is 25.7. The Kier molecular flexibility index (Phi) is 6.38. The van der Waals surface area contributed by atoms with Crippen LogP contribution in [0.1, 0.15) is 44.6 Å². The summed E-state index contributed by atoms with van der Waals surface area (Å²) >= 11 is 0. The van der Waals surface area contributed by atoms with Crippen LogP contribution in [0.3, 0.4) is 0 Å². The van der Waals surface area contributed by atoms with E-state index in [1.54, 1.807) is 6.07 Å². The average molecular weight is 632 g/mol. The van der Waals surface area contributed by atoms with Crippen LogP contribution in [-0.2, 0) is 6.42 Å². The van der Waals surface area contributed by atoms with Crippen molar-refractivity contribution in [3.63, 3.8) is 0 Å². The van der Waals surface area contributed by atoms with Gasteiger partial charge in [0, 0.05) is 31.6 Å². The number of nitrogens with zero attached hydrogens (tertiary/aromatic N) is 4. The molecule has 4 aromatic rings. The molecule has 6 heterocycles. The van der Waals surface area contributed by atoms with Crippen molar-refractivity contribution in [2.45, 2.75) is 75.3 Å². The second-order valence-electron chi connectivity index (χ2n) is 13.7. The van der Waals surface area contributed by atoms with Crippen LogP contribution in [0.5, 0.6) is 17.5 Å². The van der Waals surface area contributed by atoms with E-state index >= 15 is 8.78 Å². The number of rotatable bonds is 5. The van der Waals surface area contributed by atoms with Gasteiger partial charge in [-0.05, 0) is 72.7 Å². The molecular formula is C35H36F3N5O3. The van der Waals surface area contributed by atoms with Crippen LogP contribution in [0.25, 0.3) is 32.8 Å². The minimum absolute atomic E-state index is 0.0185. The van der Waals surface area contributed by atoms with Gasteiger partial charge in [0.15, 0.2) is 17.4 Å². The molecular weight excluding hydrogens is 595 g/mol. The Morgan fingerprint density at radius 3 is 2.89 bits per heavy atom. The number of anilines is 1. The first kappa shape index (κ1) is 28.4. The highest BCUT2D eigenvalue weighted by atomic mass is 19.1. The largest absolute Gasteiger partial charge is 0.508 e. The fraction of sp³-hybridized carbons (Fsp3) is 0.486. The van der Waals surface area contributed by atoms with E-state index < -0.39 is 23.3 Å². The number of aryl methyl sites for hydroxylation is 1. The summed E-state index contributed by atoms with van der Waals surface area (Å²) in [5.74, 6) is -1.52. The molecule has 8 nitrogen and oxygen atoms in total. The van der Waals surface area contributed by atoms with Crippen LogP contribution in [-0.4, -0.2) is 82.7 Å². The summed E-state index contributed by atoms with van der Waals surface area (Å²) in [6.45, 7) is 4.16. The summed E-state index contributed by atoms with van der Waals surface area (Å²) in [7, 11) is 0. The number of benzene rings is 3. The molecule has 1 aromatic heterocycles. The Hall–Kier alpha value is -3.83. The molecule has 9 rings (SSSR count). The fourth-order valence-corrected chi connectivity index (χ4v) is 9.01. The SMILES string of the molecule is CCc1cccc2cc(O)cc(-c3c(F)c4c5c(nc(OC[C@@]67CCCN6C[C@H](F)C7)nc5c3F)N3CC5CCC(N5)C3CO4)c12. The molecule has 3 aromatic carbocycles. The summed E-state index contributed by atoms with van der Waals surface area (Å²) in [5, 5.41) is 15.9. The first-order valence-electron chi connectivity index (χ1n) is 16.5. The molecule has 0 spiro atoms. The molecule has 0 saturated carbocycles. The van der Waals surface area contributed by atoms with E-state index in [-0.39, 0.29) is 70.9 Å². The molecule has 2 N–H and O–H groups in total. The lowest BCUT2D eigenvalue weighted by molar-refractivity contribution is 0.107. The standard InChI is InChI=1S/C35H36F3N5O3/c1-2-18-5-3-6-19-11-22(44)12-23(26(18)19)27-29(37)31-28-32(30(27)38)45-16-25-24-8-7-21(39-24)15-43(25)33(28)41-34(40-31)46-17-35-9-4-10-42(35)14-20(36)13-35/h3,5-6,11-12,20-21,24-25,39,44H,2,4,7-10,13-17H2,1H3/t20-,21?,24?,25?,35+/m1/s1. The topological polar surface area (TPSA) is 83.0 Å². The van der Waals surface area contributed by atoms with Crippen LogP contribution in [0.15, 0.2) is 30.3 Å². The van der Waals surface area contributed by atoms with Crippen LogP contribution in [0, 0.1) is 11.6 Å². The van der Waals surface area contributed by atoms with Gasteiger partial charge in [-0.15, -0.1) is 0 Å². The van der Waals surface area contributed by atoms with E-state index in [0.29, 0.717) is 42.5 Å². The molecule has 5 atom stereocenters. The van der Waals surface area contributed by atoms with Gasteiger partial charge in [-0.3, -0.25) is 4.90 Å². The average Bonchev–Trinajstić information content (AvgIpc) is 3.67. The third-order valence-electron chi connectivity index (χ3n) is 11.1. The van der Waals surface area contributed by atoms with Crippen molar-refractivity contribution >= 4 is 27.5 Å². The van der Waals surface area contributed by atoms with E-state index in [0.717, 1.165) is 37.8 Å². The van der Waals surface area contributed by atoms with Gasteiger partial charge in [0.25, 0.3) is 0 Å². The number of phenols is 1. The number of piperazine rings is 1. The number of aromatic nitrogens is 2. The third-order valence-corrected chi connectivity index (χ3v) is 11.1. The molecule has 5 aliphatic rings. The highest BCUT2D eigenvalue weighted by Crippen LogP contribution is 2.48.